The second kappa shape index (κ2) is 5.77. The van der Waals surface area contributed by atoms with E-state index in [1.807, 2.05) is 13.0 Å². The Labute approximate surface area is 135 Å². The maximum absolute atomic E-state index is 13.0. The summed E-state index contributed by atoms with van der Waals surface area (Å²) >= 11 is 1.42. The van der Waals surface area contributed by atoms with Crippen LogP contribution in [-0.2, 0) is 9.59 Å². The molecule has 2 aromatic rings. The molecule has 1 fully saturated rings. The van der Waals surface area contributed by atoms with Crippen LogP contribution in [0.25, 0.3) is 6.08 Å². The number of hydrogen-bond donors (Lipinski definition) is 1. The predicted molar refractivity (Wildman–Crippen MR) is 84.5 cm³/mol. The number of barbiturate groups is 1. The highest BCUT2D eigenvalue weighted by Crippen LogP contribution is 2.24. The van der Waals surface area contributed by atoms with E-state index in [4.69, 9.17) is 0 Å². The van der Waals surface area contributed by atoms with Crippen LogP contribution in [0.1, 0.15) is 9.75 Å². The molecule has 4 amide bonds. The van der Waals surface area contributed by atoms with Gasteiger partial charge in [0.25, 0.3) is 11.8 Å². The number of rotatable bonds is 2. The molecule has 0 spiro atoms. The number of nitrogens with zero attached hydrogens (tertiary/aromatic N) is 1. The van der Waals surface area contributed by atoms with Crippen LogP contribution < -0.4 is 10.2 Å². The number of amides is 4. The second-order valence-electron chi connectivity index (χ2n) is 4.88. The summed E-state index contributed by atoms with van der Waals surface area (Å²) in [4.78, 5) is 39.0. The van der Waals surface area contributed by atoms with Crippen LogP contribution in [0.4, 0.5) is 14.9 Å². The number of thiophene rings is 1. The molecule has 0 bridgehead atoms. The first kappa shape index (κ1) is 15.1. The Morgan fingerprint density at radius 2 is 1.78 bits per heavy atom. The molecule has 116 valence electrons. The summed E-state index contributed by atoms with van der Waals surface area (Å²) in [6, 6.07) is 7.67. The van der Waals surface area contributed by atoms with Gasteiger partial charge in [-0.3, -0.25) is 14.9 Å². The van der Waals surface area contributed by atoms with Crippen LogP contribution in [0.5, 0.6) is 0 Å². The number of anilines is 1. The van der Waals surface area contributed by atoms with Gasteiger partial charge in [0.1, 0.15) is 11.4 Å². The number of aryl methyl sites for hydroxylation is 1. The molecule has 23 heavy (non-hydrogen) atoms. The Bertz CT molecular complexity index is 839. The molecule has 2 heterocycles. The molecule has 1 aromatic carbocycles. The Morgan fingerprint density at radius 1 is 1.09 bits per heavy atom. The molecule has 1 saturated heterocycles. The van der Waals surface area contributed by atoms with E-state index in [1.54, 1.807) is 6.07 Å². The maximum Gasteiger partial charge on any atom is 0.335 e. The van der Waals surface area contributed by atoms with Crippen molar-refractivity contribution in [2.24, 2.45) is 0 Å². The molecule has 3 rings (SSSR count). The fourth-order valence-corrected chi connectivity index (χ4v) is 2.98. The lowest BCUT2D eigenvalue weighted by molar-refractivity contribution is -0.122. The predicted octanol–water partition coefficient (Wildman–Crippen LogP) is 2.86. The smallest absolute Gasteiger partial charge is 0.273 e. The molecular formula is C16H11FN2O3S. The van der Waals surface area contributed by atoms with Gasteiger partial charge in [-0.25, -0.2) is 14.1 Å². The van der Waals surface area contributed by atoms with Crippen LogP contribution in [0.3, 0.4) is 0 Å². The molecule has 1 N–H and O–H groups in total. The number of hydrogen-bond acceptors (Lipinski definition) is 4. The van der Waals surface area contributed by atoms with Crippen LogP contribution in [-0.4, -0.2) is 17.8 Å². The lowest BCUT2D eigenvalue weighted by atomic mass is 10.1. The first-order chi connectivity index (χ1) is 11.0. The first-order valence-corrected chi connectivity index (χ1v) is 7.51. The monoisotopic (exact) mass is 330 g/mol. The SMILES string of the molecule is Cc1ccc(/C=C2\C(=O)NC(=O)N(c3ccc(F)cc3)C2=O)s1. The highest BCUT2D eigenvalue weighted by Gasteiger charge is 2.36. The summed E-state index contributed by atoms with van der Waals surface area (Å²) in [6.45, 7) is 1.91. The van der Waals surface area contributed by atoms with Gasteiger partial charge in [0.15, 0.2) is 0 Å². The number of benzene rings is 1. The number of nitrogens with one attached hydrogen (secondary N) is 1. The van der Waals surface area contributed by atoms with Crippen molar-refractivity contribution in [2.75, 3.05) is 4.90 Å². The number of halogens is 1. The van der Waals surface area contributed by atoms with Gasteiger partial charge in [0.05, 0.1) is 5.69 Å². The molecule has 0 unspecified atom stereocenters. The molecular weight excluding hydrogens is 319 g/mol. The summed E-state index contributed by atoms with van der Waals surface area (Å²) in [5, 5.41) is 2.12. The third-order valence-electron chi connectivity index (χ3n) is 3.23. The molecule has 0 atom stereocenters. The normalized spacial score (nSPS) is 16.9. The topological polar surface area (TPSA) is 66.5 Å². The molecule has 0 radical (unpaired) electrons. The number of carbonyl (C=O) groups is 3. The van der Waals surface area contributed by atoms with Crippen LogP contribution in [0, 0.1) is 12.7 Å². The van der Waals surface area contributed by atoms with E-state index in [-0.39, 0.29) is 11.3 Å². The summed E-state index contributed by atoms with van der Waals surface area (Å²) in [5.74, 6) is -1.97. The Hall–Kier alpha value is -2.80. The molecule has 0 aliphatic carbocycles. The van der Waals surface area contributed by atoms with Gasteiger partial charge in [-0.2, -0.15) is 0 Å². The van der Waals surface area contributed by atoms with Crippen molar-refractivity contribution in [3.05, 3.63) is 57.5 Å². The second-order valence-corrected chi connectivity index (χ2v) is 6.20. The zero-order chi connectivity index (χ0) is 16.6. The minimum Gasteiger partial charge on any atom is -0.273 e. The van der Waals surface area contributed by atoms with Gasteiger partial charge in [0, 0.05) is 9.75 Å². The minimum atomic E-state index is -0.855. The van der Waals surface area contributed by atoms with Crippen molar-refractivity contribution in [1.29, 1.82) is 0 Å². The highest BCUT2D eigenvalue weighted by atomic mass is 32.1. The molecule has 1 aliphatic heterocycles. The molecule has 5 nitrogen and oxygen atoms in total. The summed E-state index contributed by atoms with van der Waals surface area (Å²) in [6.07, 6.45) is 1.44. The van der Waals surface area contributed by atoms with Gasteiger partial charge in [0.2, 0.25) is 0 Å². The zero-order valence-electron chi connectivity index (χ0n) is 12.0. The van der Waals surface area contributed by atoms with Gasteiger partial charge in [-0.15, -0.1) is 11.3 Å². The van der Waals surface area contributed by atoms with Crippen molar-refractivity contribution in [1.82, 2.24) is 5.32 Å². The van der Waals surface area contributed by atoms with E-state index < -0.39 is 23.7 Å². The van der Waals surface area contributed by atoms with Crippen molar-refractivity contribution in [3.63, 3.8) is 0 Å². The van der Waals surface area contributed by atoms with E-state index in [9.17, 15) is 18.8 Å². The van der Waals surface area contributed by atoms with Crippen LogP contribution >= 0.6 is 11.3 Å². The van der Waals surface area contributed by atoms with E-state index in [2.05, 4.69) is 5.32 Å². The van der Waals surface area contributed by atoms with Crippen molar-refractivity contribution >= 4 is 40.9 Å². The molecule has 1 aromatic heterocycles. The fraction of sp³-hybridized carbons (Fsp3) is 0.0625. The van der Waals surface area contributed by atoms with Gasteiger partial charge < -0.3 is 0 Å². The summed E-state index contributed by atoms with van der Waals surface area (Å²) in [5.41, 5.74) is 0.0467. The van der Waals surface area contributed by atoms with Gasteiger partial charge in [-0.05, 0) is 49.4 Å². The largest absolute Gasteiger partial charge is 0.335 e. The lowest BCUT2D eigenvalue weighted by Crippen LogP contribution is -2.54. The fourth-order valence-electron chi connectivity index (χ4n) is 2.16. The van der Waals surface area contributed by atoms with Crippen LogP contribution in [0.2, 0.25) is 0 Å². The first-order valence-electron chi connectivity index (χ1n) is 6.69. The third-order valence-corrected chi connectivity index (χ3v) is 4.18. The Morgan fingerprint density at radius 3 is 2.39 bits per heavy atom. The molecule has 7 heteroatoms. The van der Waals surface area contributed by atoms with Crippen LogP contribution in [0.15, 0.2) is 42.0 Å². The van der Waals surface area contributed by atoms with E-state index >= 15 is 0 Å². The molecule has 0 saturated carbocycles. The Balaban J connectivity index is 2.00. The van der Waals surface area contributed by atoms with Gasteiger partial charge in [-0.1, -0.05) is 0 Å². The number of carbonyl (C=O) groups excluding carboxylic acids is 3. The lowest BCUT2D eigenvalue weighted by Gasteiger charge is -2.26. The van der Waals surface area contributed by atoms with Crippen molar-refractivity contribution in [2.45, 2.75) is 6.92 Å². The average Bonchev–Trinajstić information content (AvgIpc) is 2.91. The van der Waals surface area contributed by atoms with E-state index in [0.717, 1.165) is 26.8 Å². The maximum atomic E-state index is 13.0. The van der Waals surface area contributed by atoms with E-state index in [1.165, 1.54) is 29.5 Å². The highest BCUT2D eigenvalue weighted by molar-refractivity contribution is 7.12. The summed E-state index contributed by atoms with van der Waals surface area (Å²) < 4.78 is 13.0. The standard InChI is InChI=1S/C16H11FN2O3S/c1-9-2-7-12(23-9)8-13-14(20)18-16(22)19(15(13)21)11-5-3-10(17)4-6-11/h2-8H,1H3,(H,18,20,22)/b13-8+. The minimum absolute atomic E-state index is 0.143. The third kappa shape index (κ3) is 2.91. The van der Waals surface area contributed by atoms with Crippen molar-refractivity contribution < 1.29 is 18.8 Å². The van der Waals surface area contributed by atoms with Crippen molar-refractivity contribution in [3.8, 4) is 0 Å². The quantitative estimate of drug-likeness (QED) is 0.680. The van der Waals surface area contributed by atoms with E-state index in [0.29, 0.717) is 0 Å². The molecule has 1 aliphatic rings. The Kier molecular flexibility index (Phi) is 3.79. The number of urea groups is 1. The average molecular weight is 330 g/mol. The number of imide groups is 2. The summed E-state index contributed by atoms with van der Waals surface area (Å²) in [7, 11) is 0. The zero-order valence-corrected chi connectivity index (χ0v) is 12.8. The van der Waals surface area contributed by atoms with Gasteiger partial charge >= 0.3 is 6.03 Å².